The molecule has 0 aliphatic rings. The van der Waals surface area contributed by atoms with Crippen molar-refractivity contribution in [3.8, 4) is 0 Å². The van der Waals surface area contributed by atoms with Gasteiger partial charge in [-0.2, -0.15) is 13.2 Å². The van der Waals surface area contributed by atoms with Crippen molar-refractivity contribution in [3.63, 3.8) is 0 Å². The maximum atomic E-state index is 12.3. The van der Waals surface area contributed by atoms with E-state index in [-0.39, 0.29) is 6.54 Å². The zero-order valence-corrected chi connectivity index (χ0v) is 10.5. The van der Waals surface area contributed by atoms with Crippen molar-refractivity contribution in [2.75, 3.05) is 13.7 Å². The highest BCUT2D eigenvalue weighted by Gasteiger charge is 2.29. The molecule has 108 valence electrons. The number of alkyl halides is 3. The lowest BCUT2D eigenvalue weighted by Crippen LogP contribution is -2.28. The summed E-state index contributed by atoms with van der Waals surface area (Å²) in [5.74, 6) is -1.14. The maximum Gasteiger partial charge on any atom is 0.416 e. The Bertz CT molecular complexity index is 507. The number of carbonyl (C=O) groups excluding carboxylic acids is 2. The fourth-order valence-corrected chi connectivity index (χ4v) is 1.25. The summed E-state index contributed by atoms with van der Waals surface area (Å²) in [6.45, 7) is -0.271. The number of benzene rings is 1. The SMILES string of the molecule is COC(=O)CNC(=O)/C=C/c1ccc(C(F)(F)F)cc1. The molecule has 4 nitrogen and oxygen atoms in total. The predicted molar refractivity (Wildman–Crippen MR) is 65.5 cm³/mol. The van der Waals surface area contributed by atoms with Crippen molar-refractivity contribution >= 4 is 18.0 Å². The van der Waals surface area contributed by atoms with Crippen molar-refractivity contribution in [2.24, 2.45) is 0 Å². The van der Waals surface area contributed by atoms with E-state index in [4.69, 9.17) is 0 Å². The summed E-state index contributed by atoms with van der Waals surface area (Å²) in [6.07, 6.45) is -1.93. The van der Waals surface area contributed by atoms with E-state index in [1.165, 1.54) is 25.3 Å². The largest absolute Gasteiger partial charge is 0.468 e. The summed E-state index contributed by atoms with van der Waals surface area (Å²) < 4.78 is 41.3. The number of hydrogen-bond donors (Lipinski definition) is 1. The first-order valence-electron chi connectivity index (χ1n) is 5.53. The Morgan fingerprint density at radius 2 is 1.85 bits per heavy atom. The average molecular weight is 287 g/mol. The van der Waals surface area contributed by atoms with Crippen LogP contribution in [-0.2, 0) is 20.5 Å². The molecule has 0 heterocycles. The Labute approximate surface area is 113 Å². The molecule has 1 aromatic carbocycles. The second kappa shape index (κ2) is 6.74. The Kier molecular flexibility index (Phi) is 5.31. The van der Waals surface area contributed by atoms with E-state index < -0.39 is 23.6 Å². The molecule has 0 bridgehead atoms. The summed E-state index contributed by atoms with van der Waals surface area (Å²) in [7, 11) is 1.19. The predicted octanol–water partition coefficient (Wildman–Crippen LogP) is 2.01. The summed E-state index contributed by atoms with van der Waals surface area (Å²) >= 11 is 0. The van der Waals surface area contributed by atoms with E-state index in [1.807, 2.05) is 0 Å². The molecule has 1 N–H and O–H groups in total. The van der Waals surface area contributed by atoms with Crippen LogP contribution in [0, 0.1) is 0 Å². The van der Waals surface area contributed by atoms with Crippen molar-refractivity contribution in [1.82, 2.24) is 5.32 Å². The Hall–Kier alpha value is -2.31. The van der Waals surface area contributed by atoms with Crippen molar-refractivity contribution in [2.45, 2.75) is 6.18 Å². The number of methoxy groups -OCH3 is 1. The van der Waals surface area contributed by atoms with Crippen LogP contribution in [0.15, 0.2) is 30.3 Å². The second-order valence-electron chi connectivity index (χ2n) is 3.75. The lowest BCUT2D eigenvalue weighted by molar-refractivity contribution is -0.140. The number of rotatable bonds is 4. The monoisotopic (exact) mass is 287 g/mol. The van der Waals surface area contributed by atoms with E-state index in [0.29, 0.717) is 5.56 Å². The number of nitrogens with one attached hydrogen (secondary N) is 1. The molecule has 0 radical (unpaired) electrons. The molecule has 20 heavy (non-hydrogen) atoms. The van der Waals surface area contributed by atoms with Gasteiger partial charge >= 0.3 is 12.1 Å². The molecule has 0 aliphatic carbocycles. The van der Waals surface area contributed by atoms with E-state index >= 15 is 0 Å². The van der Waals surface area contributed by atoms with Gasteiger partial charge in [-0.15, -0.1) is 0 Å². The Balaban J connectivity index is 2.58. The van der Waals surface area contributed by atoms with Gasteiger partial charge in [-0.1, -0.05) is 12.1 Å². The molecule has 1 amide bonds. The van der Waals surface area contributed by atoms with Crippen LogP contribution in [0.5, 0.6) is 0 Å². The van der Waals surface area contributed by atoms with Crippen LogP contribution in [0.4, 0.5) is 13.2 Å². The maximum absolute atomic E-state index is 12.3. The first-order valence-corrected chi connectivity index (χ1v) is 5.53. The number of hydrogen-bond acceptors (Lipinski definition) is 3. The number of amides is 1. The molecule has 1 rings (SSSR count). The van der Waals surface area contributed by atoms with Gasteiger partial charge in [0.05, 0.1) is 12.7 Å². The molecule has 0 fully saturated rings. The first kappa shape index (κ1) is 15.7. The Morgan fingerprint density at radius 1 is 1.25 bits per heavy atom. The van der Waals surface area contributed by atoms with Crippen molar-refractivity contribution < 1.29 is 27.5 Å². The third-order valence-corrected chi connectivity index (χ3v) is 2.30. The molecule has 0 spiro atoms. The van der Waals surface area contributed by atoms with Gasteiger partial charge in [-0.05, 0) is 23.8 Å². The molecule has 0 aliphatic heterocycles. The summed E-state index contributed by atoms with van der Waals surface area (Å²) in [5.41, 5.74) is -0.323. The van der Waals surface area contributed by atoms with Gasteiger partial charge in [-0.3, -0.25) is 9.59 Å². The molecule has 1 aromatic rings. The van der Waals surface area contributed by atoms with Crippen LogP contribution in [0.1, 0.15) is 11.1 Å². The van der Waals surface area contributed by atoms with Gasteiger partial charge in [0.1, 0.15) is 6.54 Å². The molecule has 7 heteroatoms. The van der Waals surface area contributed by atoms with Crippen LogP contribution < -0.4 is 5.32 Å². The summed E-state index contributed by atoms with van der Waals surface area (Å²) in [5, 5.41) is 2.26. The van der Waals surface area contributed by atoms with E-state index in [2.05, 4.69) is 10.1 Å². The van der Waals surface area contributed by atoms with Crippen LogP contribution in [-0.4, -0.2) is 25.5 Å². The minimum Gasteiger partial charge on any atom is -0.468 e. The molecule has 0 aromatic heterocycles. The van der Waals surface area contributed by atoms with Crippen LogP contribution in [0.2, 0.25) is 0 Å². The smallest absolute Gasteiger partial charge is 0.416 e. The highest BCUT2D eigenvalue weighted by atomic mass is 19.4. The van der Waals surface area contributed by atoms with Crippen LogP contribution in [0.3, 0.4) is 0 Å². The minimum atomic E-state index is -4.39. The first-order chi connectivity index (χ1) is 9.32. The fourth-order valence-electron chi connectivity index (χ4n) is 1.25. The third-order valence-electron chi connectivity index (χ3n) is 2.30. The minimum absolute atomic E-state index is 0.271. The highest BCUT2D eigenvalue weighted by molar-refractivity contribution is 5.93. The zero-order valence-electron chi connectivity index (χ0n) is 10.5. The van der Waals surface area contributed by atoms with E-state index in [9.17, 15) is 22.8 Å². The van der Waals surface area contributed by atoms with Gasteiger partial charge in [-0.25, -0.2) is 0 Å². The molecule has 0 saturated carbocycles. The van der Waals surface area contributed by atoms with Gasteiger partial charge in [0, 0.05) is 6.08 Å². The number of ether oxygens (including phenoxy) is 1. The second-order valence-corrected chi connectivity index (χ2v) is 3.75. The lowest BCUT2D eigenvalue weighted by atomic mass is 10.1. The molecule has 0 atom stereocenters. The van der Waals surface area contributed by atoms with Crippen molar-refractivity contribution in [3.05, 3.63) is 41.5 Å². The van der Waals surface area contributed by atoms with Crippen LogP contribution in [0.25, 0.3) is 6.08 Å². The number of carbonyl (C=O) groups is 2. The number of halogens is 3. The topological polar surface area (TPSA) is 55.4 Å². The van der Waals surface area contributed by atoms with Gasteiger partial charge in [0.25, 0.3) is 0 Å². The van der Waals surface area contributed by atoms with Crippen LogP contribution >= 0.6 is 0 Å². The van der Waals surface area contributed by atoms with E-state index in [0.717, 1.165) is 18.2 Å². The zero-order chi connectivity index (χ0) is 15.2. The molecule has 0 saturated heterocycles. The van der Waals surface area contributed by atoms with Gasteiger partial charge in [0.15, 0.2) is 0 Å². The van der Waals surface area contributed by atoms with Crippen molar-refractivity contribution in [1.29, 1.82) is 0 Å². The number of esters is 1. The molecular weight excluding hydrogens is 275 g/mol. The third kappa shape index (κ3) is 5.13. The van der Waals surface area contributed by atoms with Gasteiger partial charge < -0.3 is 10.1 Å². The summed E-state index contributed by atoms with van der Waals surface area (Å²) in [4.78, 5) is 22.0. The standard InChI is InChI=1S/C13H12F3NO3/c1-20-12(19)8-17-11(18)7-4-9-2-5-10(6-3-9)13(14,15)16/h2-7H,8H2,1H3,(H,17,18)/b7-4+. The Morgan fingerprint density at radius 3 is 2.35 bits per heavy atom. The summed E-state index contributed by atoms with van der Waals surface area (Å²) in [6, 6.07) is 4.33. The average Bonchev–Trinajstić information content (AvgIpc) is 2.41. The van der Waals surface area contributed by atoms with E-state index in [1.54, 1.807) is 0 Å². The fraction of sp³-hybridized carbons (Fsp3) is 0.231. The molecular formula is C13H12F3NO3. The highest BCUT2D eigenvalue weighted by Crippen LogP contribution is 2.29. The molecule has 0 unspecified atom stereocenters. The van der Waals surface area contributed by atoms with Gasteiger partial charge in [0.2, 0.25) is 5.91 Å². The normalized spacial score (nSPS) is 11.4. The lowest BCUT2D eigenvalue weighted by Gasteiger charge is -2.05. The quantitative estimate of drug-likeness (QED) is 0.681.